The van der Waals surface area contributed by atoms with Crippen LogP contribution in [-0.4, -0.2) is 19.3 Å². The van der Waals surface area contributed by atoms with Crippen LogP contribution in [0, 0.1) is 6.92 Å². The van der Waals surface area contributed by atoms with E-state index < -0.39 is 0 Å². The van der Waals surface area contributed by atoms with Gasteiger partial charge in [0.1, 0.15) is 5.75 Å². The molecule has 3 nitrogen and oxygen atoms in total. The molecule has 0 aliphatic heterocycles. The highest BCUT2D eigenvalue weighted by molar-refractivity contribution is 5.54. The molecule has 106 valence electrons. The molecule has 3 heteroatoms. The highest BCUT2D eigenvalue weighted by Crippen LogP contribution is 2.23. The summed E-state index contributed by atoms with van der Waals surface area (Å²) in [5, 5.41) is 9.49. The fourth-order valence-electron chi connectivity index (χ4n) is 2.34. The maximum Gasteiger partial charge on any atom is 0.119 e. The van der Waals surface area contributed by atoms with Gasteiger partial charge in [0.25, 0.3) is 0 Å². The number of hydrogen-bond donors (Lipinski definition) is 1. The Bertz CT molecular complexity index is 581. The van der Waals surface area contributed by atoms with Crippen molar-refractivity contribution >= 4 is 5.69 Å². The number of aliphatic hydroxyl groups excluding tert-OH is 1. The van der Waals surface area contributed by atoms with Crippen LogP contribution >= 0.6 is 0 Å². The van der Waals surface area contributed by atoms with Gasteiger partial charge in [-0.15, -0.1) is 0 Å². The van der Waals surface area contributed by atoms with Crippen LogP contribution in [0.3, 0.4) is 0 Å². The Morgan fingerprint density at radius 2 is 1.95 bits per heavy atom. The molecule has 1 N–H and O–H groups in total. The smallest absolute Gasteiger partial charge is 0.119 e. The molecule has 0 saturated heterocycles. The van der Waals surface area contributed by atoms with E-state index in [0.717, 1.165) is 29.1 Å². The van der Waals surface area contributed by atoms with Gasteiger partial charge in [-0.3, -0.25) is 0 Å². The van der Waals surface area contributed by atoms with Crippen molar-refractivity contribution in [3.8, 4) is 5.75 Å². The van der Waals surface area contributed by atoms with Gasteiger partial charge >= 0.3 is 0 Å². The number of aryl methyl sites for hydroxylation is 1. The van der Waals surface area contributed by atoms with E-state index in [-0.39, 0.29) is 6.61 Å². The van der Waals surface area contributed by atoms with Crippen molar-refractivity contribution in [2.45, 2.75) is 20.1 Å². The predicted octanol–water partition coefficient (Wildman–Crippen LogP) is 3.13. The lowest BCUT2D eigenvalue weighted by molar-refractivity contribution is 0.282. The van der Waals surface area contributed by atoms with E-state index in [1.165, 1.54) is 5.56 Å². The van der Waals surface area contributed by atoms with Gasteiger partial charge in [-0.1, -0.05) is 29.8 Å². The number of hydrogen-bond acceptors (Lipinski definition) is 3. The highest BCUT2D eigenvalue weighted by atomic mass is 16.5. The van der Waals surface area contributed by atoms with Crippen LogP contribution in [0.15, 0.2) is 42.5 Å². The molecule has 0 fully saturated rings. The number of methoxy groups -OCH3 is 1. The molecular formula is C17H21NO2. The summed E-state index contributed by atoms with van der Waals surface area (Å²) in [7, 11) is 3.70. The standard InChI is InChI=1S/C17H21NO2/c1-13-7-8-17(15(9-13)12-19)18(2)11-14-5-4-6-16(10-14)20-3/h4-10,19H,11-12H2,1-3H3. The van der Waals surface area contributed by atoms with Gasteiger partial charge in [0, 0.05) is 24.8 Å². The topological polar surface area (TPSA) is 32.7 Å². The van der Waals surface area contributed by atoms with E-state index >= 15 is 0 Å². The molecule has 0 aromatic heterocycles. The zero-order chi connectivity index (χ0) is 14.5. The Hall–Kier alpha value is -2.00. The first kappa shape index (κ1) is 14.4. The zero-order valence-corrected chi connectivity index (χ0v) is 12.3. The summed E-state index contributed by atoms with van der Waals surface area (Å²) in [5.74, 6) is 0.863. The maximum atomic E-state index is 9.49. The number of rotatable bonds is 5. The van der Waals surface area contributed by atoms with E-state index in [4.69, 9.17) is 4.74 Å². The van der Waals surface area contributed by atoms with Gasteiger partial charge in [0.15, 0.2) is 0 Å². The van der Waals surface area contributed by atoms with Gasteiger partial charge in [-0.2, -0.15) is 0 Å². The second kappa shape index (κ2) is 6.44. The SMILES string of the molecule is COc1cccc(CN(C)c2ccc(C)cc2CO)c1. The lowest BCUT2D eigenvalue weighted by Gasteiger charge is -2.22. The first-order valence-electron chi connectivity index (χ1n) is 6.68. The fraction of sp³-hybridized carbons (Fsp3) is 0.294. The van der Waals surface area contributed by atoms with Crippen molar-refractivity contribution in [3.63, 3.8) is 0 Å². The van der Waals surface area contributed by atoms with E-state index in [9.17, 15) is 5.11 Å². The van der Waals surface area contributed by atoms with Crippen molar-refractivity contribution in [1.29, 1.82) is 0 Å². The molecule has 0 amide bonds. The Labute approximate surface area is 120 Å². The van der Waals surface area contributed by atoms with Crippen molar-refractivity contribution in [3.05, 3.63) is 59.2 Å². The Balaban J connectivity index is 2.21. The van der Waals surface area contributed by atoms with E-state index in [0.29, 0.717) is 0 Å². The largest absolute Gasteiger partial charge is 0.497 e. The van der Waals surface area contributed by atoms with Crippen LogP contribution in [0.4, 0.5) is 5.69 Å². The van der Waals surface area contributed by atoms with E-state index in [1.54, 1.807) is 7.11 Å². The maximum absolute atomic E-state index is 9.49. The van der Waals surface area contributed by atoms with Crippen LogP contribution < -0.4 is 9.64 Å². The normalized spacial score (nSPS) is 10.4. The molecular weight excluding hydrogens is 250 g/mol. The molecule has 20 heavy (non-hydrogen) atoms. The van der Waals surface area contributed by atoms with Crippen molar-refractivity contribution in [2.75, 3.05) is 19.1 Å². The lowest BCUT2D eigenvalue weighted by atomic mass is 10.1. The monoisotopic (exact) mass is 271 g/mol. The lowest BCUT2D eigenvalue weighted by Crippen LogP contribution is -2.18. The molecule has 0 spiro atoms. The van der Waals surface area contributed by atoms with Crippen LogP contribution in [-0.2, 0) is 13.2 Å². The van der Waals surface area contributed by atoms with Crippen molar-refractivity contribution in [2.24, 2.45) is 0 Å². The average Bonchev–Trinajstić information content (AvgIpc) is 2.47. The summed E-state index contributed by atoms with van der Waals surface area (Å²) in [5.41, 5.74) is 4.35. The molecule has 0 aliphatic carbocycles. The van der Waals surface area contributed by atoms with Gasteiger partial charge < -0.3 is 14.7 Å². The molecule has 0 bridgehead atoms. The molecule has 0 heterocycles. The Morgan fingerprint density at radius 1 is 1.15 bits per heavy atom. The molecule has 0 aliphatic rings. The first-order chi connectivity index (χ1) is 9.63. The summed E-state index contributed by atoms with van der Waals surface area (Å²) in [6.45, 7) is 2.86. The van der Waals surface area contributed by atoms with Crippen molar-refractivity contribution in [1.82, 2.24) is 0 Å². The first-order valence-corrected chi connectivity index (χ1v) is 6.68. The summed E-state index contributed by atoms with van der Waals surface area (Å²) in [4.78, 5) is 2.14. The summed E-state index contributed by atoms with van der Waals surface area (Å²) in [6, 6.07) is 14.2. The second-order valence-electron chi connectivity index (χ2n) is 5.00. The third-order valence-electron chi connectivity index (χ3n) is 3.37. The zero-order valence-electron chi connectivity index (χ0n) is 12.3. The molecule has 0 saturated carbocycles. The molecule has 2 rings (SSSR count). The number of benzene rings is 2. The molecule has 2 aromatic rings. The Morgan fingerprint density at radius 3 is 2.65 bits per heavy atom. The highest BCUT2D eigenvalue weighted by Gasteiger charge is 2.08. The van der Waals surface area contributed by atoms with Gasteiger partial charge in [-0.05, 0) is 30.7 Å². The van der Waals surface area contributed by atoms with Crippen LogP contribution in [0.25, 0.3) is 0 Å². The molecule has 0 atom stereocenters. The summed E-state index contributed by atoms with van der Waals surface area (Å²) < 4.78 is 5.24. The fourth-order valence-corrected chi connectivity index (χ4v) is 2.34. The minimum Gasteiger partial charge on any atom is -0.497 e. The van der Waals surface area contributed by atoms with Gasteiger partial charge in [-0.25, -0.2) is 0 Å². The minimum atomic E-state index is 0.0550. The third kappa shape index (κ3) is 3.31. The van der Waals surface area contributed by atoms with Crippen LogP contribution in [0.2, 0.25) is 0 Å². The molecule has 2 aromatic carbocycles. The Kier molecular flexibility index (Phi) is 4.64. The van der Waals surface area contributed by atoms with Gasteiger partial charge in [0.05, 0.1) is 13.7 Å². The predicted molar refractivity (Wildman–Crippen MR) is 82.2 cm³/mol. The number of ether oxygens (including phenoxy) is 1. The average molecular weight is 271 g/mol. The van der Waals surface area contributed by atoms with Crippen LogP contribution in [0.5, 0.6) is 5.75 Å². The number of anilines is 1. The number of nitrogens with zero attached hydrogens (tertiary/aromatic N) is 1. The number of aliphatic hydroxyl groups is 1. The van der Waals surface area contributed by atoms with Crippen LogP contribution in [0.1, 0.15) is 16.7 Å². The second-order valence-corrected chi connectivity index (χ2v) is 5.00. The molecule has 0 radical (unpaired) electrons. The quantitative estimate of drug-likeness (QED) is 0.907. The van der Waals surface area contributed by atoms with Crippen molar-refractivity contribution < 1.29 is 9.84 Å². The van der Waals surface area contributed by atoms with E-state index in [1.807, 2.05) is 38.2 Å². The minimum absolute atomic E-state index is 0.0550. The van der Waals surface area contributed by atoms with E-state index in [2.05, 4.69) is 23.1 Å². The van der Waals surface area contributed by atoms with Gasteiger partial charge in [0.2, 0.25) is 0 Å². The third-order valence-corrected chi connectivity index (χ3v) is 3.37. The summed E-state index contributed by atoms with van der Waals surface area (Å²) in [6.07, 6.45) is 0. The summed E-state index contributed by atoms with van der Waals surface area (Å²) >= 11 is 0. The molecule has 0 unspecified atom stereocenters.